The molecule has 0 unspecified atom stereocenters. The zero-order chi connectivity index (χ0) is 17.5. The molecule has 1 aliphatic rings. The number of aromatic nitrogens is 4. The fourth-order valence-electron chi connectivity index (χ4n) is 2.95. The summed E-state index contributed by atoms with van der Waals surface area (Å²) in [7, 11) is 1.45. The molecular formula is C17H21N7O. The van der Waals surface area contributed by atoms with Crippen molar-refractivity contribution in [3.8, 4) is 11.9 Å². The van der Waals surface area contributed by atoms with E-state index < -0.39 is 0 Å². The number of hydrogen-bond acceptors (Lipinski definition) is 8. The van der Waals surface area contributed by atoms with Gasteiger partial charge < -0.3 is 15.4 Å². The van der Waals surface area contributed by atoms with Crippen LogP contribution in [0.5, 0.6) is 5.88 Å². The van der Waals surface area contributed by atoms with Crippen molar-refractivity contribution in [1.82, 2.24) is 19.9 Å². The summed E-state index contributed by atoms with van der Waals surface area (Å²) in [6, 6.07) is 3.76. The molecule has 130 valence electrons. The Kier molecular flexibility index (Phi) is 5.57. The summed E-state index contributed by atoms with van der Waals surface area (Å²) >= 11 is 0. The van der Waals surface area contributed by atoms with Crippen LogP contribution in [0, 0.1) is 17.2 Å². The van der Waals surface area contributed by atoms with Crippen LogP contribution in [0.1, 0.15) is 37.8 Å². The van der Waals surface area contributed by atoms with Crippen LogP contribution in [-0.4, -0.2) is 33.6 Å². The summed E-state index contributed by atoms with van der Waals surface area (Å²) in [5.74, 6) is 2.72. The molecule has 1 fully saturated rings. The molecule has 8 nitrogen and oxygen atoms in total. The molecule has 2 aromatic heterocycles. The second kappa shape index (κ2) is 8.24. The molecule has 1 aliphatic carbocycles. The van der Waals surface area contributed by atoms with E-state index in [0.29, 0.717) is 17.6 Å². The normalized spacial score (nSPS) is 14.6. The van der Waals surface area contributed by atoms with E-state index in [-0.39, 0.29) is 11.6 Å². The lowest BCUT2D eigenvalue weighted by molar-refractivity contribution is 0.373. The van der Waals surface area contributed by atoms with Crippen molar-refractivity contribution < 1.29 is 4.74 Å². The quantitative estimate of drug-likeness (QED) is 0.827. The third-order valence-electron chi connectivity index (χ3n) is 4.26. The Hall–Kier alpha value is -2.95. The smallest absolute Gasteiger partial charge is 0.252 e. The number of rotatable bonds is 6. The molecule has 0 aromatic carbocycles. The zero-order valence-electron chi connectivity index (χ0n) is 14.2. The molecular weight excluding hydrogens is 318 g/mol. The molecule has 3 rings (SSSR count). The number of anilines is 3. The van der Waals surface area contributed by atoms with E-state index in [1.807, 2.05) is 12.1 Å². The van der Waals surface area contributed by atoms with E-state index in [2.05, 4.69) is 30.6 Å². The minimum Gasteiger partial charge on any atom is -0.479 e. The van der Waals surface area contributed by atoms with Gasteiger partial charge in [0.2, 0.25) is 5.69 Å². The molecule has 25 heavy (non-hydrogen) atoms. The lowest BCUT2D eigenvalue weighted by Crippen LogP contribution is -2.17. The van der Waals surface area contributed by atoms with E-state index in [0.717, 1.165) is 12.4 Å². The highest BCUT2D eigenvalue weighted by atomic mass is 16.5. The van der Waals surface area contributed by atoms with Gasteiger partial charge in [-0.05, 0) is 18.8 Å². The standard InChI is InChI=1S/C17H21N7O/c1-25-17-13(8-18)19-10-16(24-17)23-15-7-14(21-11-22-15)20-9-12-5-3-2-4-6-12/h7,10-12H,2-6,9H2,1H3,(H2,20,21,22,23,24). The first kappa shape index (κ1) is 16.9. The SMILES string of the molecule is COc1nc(Nc2cc(NCC3CCCCC3)ncn2)cnc1C#N. The molecule has 0 saturated heterocycles. The van der Waals surface area contributed by atoms with Gasteiger partial charge in [-0.2, -0.15) is 10.2 Å². The number of hydrogen-bond donors (Lipinski definition) is 2. The van der Waals surface area contributed by atoms with E-state index in [4.69, 9.17) is 10.00 Å². The van der Waals surface area contributed by atoms with Gasteiger partial charge in [-0.3, -0.25) is 0 Å². The predicted octanol–water partition coefficient (Wildman–Crippen LogP) is 2.88. The minimum atomic E-state index is 0.144. The largest absolute Gasteiger partial charge is 0.479 e. The van der Waals surface area contributed by atoms with Gasteiger partial charge >= 0.3 is 0 Å². The highest BCUT2D eigenvalue weighted by Gasteiger charge is 2.13. The first-order chi connectivity index (χ1) is 12.3. The number of nitriles is 1. The molecule has 0 spiro atoms. The van der Waals surface area contributed by atoms with Crippen molar-refractivity contribution >= 4 is 17.5 Å². The zero-order valence-corrected chi connectivity index (χ0v) is 14.2. The summed E-state index contributed by atoms with van der Waals surface area (Å²) in [6.07, 6.45) is 9.53. The fourth-order valence-corrected chi connectivity index (χ4v) is 2.95. The molecule has 1 saturated carbocycles. The van der Waals surface area contributed by atoms with Crippen LogP contribution < -0.4 is 15.4 Å². The van der Waals surface area contributed by atoms with Gasteiger partial charge in [0.25, 0.3) is 5.88 Å². The maximum Gasteiger partial charge on any atom is 0.252 e. The van der Waals surface area contributed by atoms with Gasteiger partial charge in [-0.25, -0.2) is 15.0 Å². The van der Waals surface area contributed by atoms with Crippen molar-refractivity contribution in [3.63, 3.8) is 0 Å². The van der Waals surface area contributed by atoms with Gasteiger partial charge in [0.1, 0.15) is 24.0 Å². The average molecular weight is 339 g/mol. The molecule has 8 heteroatoms. The van der Waals surface area contributed by atoms with Crippen LogP contribution >= 0.6 is 0 Å². The van der Waals surface area contributed by atoms with Crippen LogP contribution in [0.3, 0.4) is 0 Å². The molecule has 2 aromatic rings. The molecule has 0 aliphatic heterocycles. The Bertz CT molecular complexity index is 753. The Morgan fingerprint density at radius 3 is 2.72 bits per heavy atom. The molecule has 2 heterocycles. The summed E-state index contributed by atoms with van der Waals surface area (Å²) in [6.45, 7) is 0.931. The maximum atomic E-state index is 8.95. The van der Waals surface area contributed by atoms with Gasteiger partial charge in [-0.1, -0.05) is 19.3 Å². The van der Waals surface area contributed by atoms with Crippen molar-refractivity contribution in [1.29, 1.82) is 5.26 Å². The molecule has 2 N–H and O–H groups in total. The third kappa shape index (κ3) is 4.53. The van der Waals surface area contributed by atoms with Crippen molar-refractivity contribution in [3.05, 3.63) is 24.3 Å². The topological polar surface area (TPSA) is 109 Å². The first-order valence-electron chi connectivity index (χ1n) is 8.42. The summed E-state index contributed by atoms with van der Waals surface area (Å²) < 4.78 is 5.06. The lowest BCUT2D eigenvalue weighted by atomic mass is 9.89. The molecule has 0 atom stereocenters. The van der Waals surface area contributed by atoms with Crippen LogP contribution in [0.25, 0.3) is 0 Å². The second-order valence-electron chi connectivity index (χ2n) is 6.02. The van der Waals surface area contributed by atoms with Crippen LogP contribution in [-0.2, 0) is 0 Å². The Morgan fingerprint density at radius 2 is 1.96 bits per heavy atom. The number of nitrogens with one attached hydrogen (secondary N) is 2. The summed E-state index contributed by atoms with van der Waals surface area (Å²) in [4.78, 5) is 16.7. The molecule has 0 radical (unpaired) electrons. The van der Waals surface area contributed by atoms with Crippen molar-refractivity contribution in [2.24, 2.45) is 5.92 Å². The Balaban J connectivity index is 1.64. The van der Waals surface area contributed by atoms with Crippen molar-refractivity contribution in [2.45, 2.75) is 32.1 Å². The van der Waals surface area contributed by atoms with Gasteiger partial charge in [-0.15, -0.1) is 0 Å². The maximum absolute atomic E-state index is 8.95. The number of ether oxygens (including phenoxy) is 1. The van der Waals surface area contributed by atoms with Gasteiger partial charge in [0.15, 0.2) is 5.82 Å². The van der Waals surface area contributed by atoms with Gasteiger partial charge in [0, 0.05) is 12.6 Å². The molecule has 0 bridgehead atoms. The van der Waals surface area contributed by atoms with Crippen LogP contribution in [0.2, 0.25) is 0 Å². The highest BCUT2D eigenvalue weighted by Crippen LogP contribution is 2.24. The lowest BCUT2D eigenvalue weighted by Gasteiger charge is -2.22. The summed E-state index contributed by atoms with van der Waals surface area (Å²) in [5, 5.41) is 15.4. The third-order valence-corrected chi connectivity index (χ3v) is 4.26. The highest BCUT2D eigenvalue weighted by molar-refractivity contribution is 5.56. The van der Waals surface area contributed by atoms with E-state index in [9.17, 15) is 0 Å². The minimum absolute atomic E-state index is 0.144. The number of nitrogens with zero attached hydrogens (tertiary/aromatic N) is 5. The van der Waals surface area contributed by atoms with E-state index in [1.54, 1.807) is 0 Å². The second-order valence-corrected chi connectivity index (χ2v) is 6.02. The average Bonchev–Trinajstić information content (AvgIpc) is 2.67. The Morgan fingerprint density at radius 1 is 1.16 bits per heavy atom. The van der Waals surface area contributed by atoms with Crippen molar-refractivity contribution in [2.75, 3.05) is 24.3 Å². The fraction of sp³-hybridized carbons (Fsp3) is 0.471. The van der Waals surface area contributed by atoms with E-state index >= 15 is 0 Å². The van der Waals surface area contributed by atoms with Gasteiger partial charge in [0.05, 0.1) is 13.3 Å². The van der Waals surface area contributed by atoms with Crippen LogP contribution in [0.15, 0.2) is 18.6 Å². The van der Waals surface area contributed by atoms with Crippen LogP contribution in [0.4, 0.5) is 17.5 Å². The monoisotopic (exact) mass is 339 g/mol. The molecule has 0 amide bonds. The Labute approximate surface area is 146 Å². The predicted molar refractivity (Wildman–Crippen MR) is 93.7 cm³/mol. The number of methoxy groups -OCH3 is 1. The summed E-state index contributed by atoms with van der Waals surface area (Å²) in [5.41, 5.74) is 0.144. The first-order valence-corrected chi connectivity index (χ1v) is 8.42. The van der Waals surface area contributed by atoms with E-state index in [1.165, 1.54) is 51.7 Å².